The van der Waals surface area contributed by atoms with E-state index in [-0.39, 0.29) is 31.0 Å². The van der Waals surface area contributed by atoms with Crippen LogP contribution in [0.2, 0.25) is 0 Å². The van der Waals surface area contributed by atoms with Crippen molar-refractivity contribution >= 4 is 12.2 Å². The van der Waals surface area contributed by atoms with Crippen LogP contribution in [-0.4, -0.2) is 17.3 Å². The summed E-state index contributed by atoms with van der Waals surface area (Å²) in [7, 11) is 0. The Labute approximate surface area is 77.7 Å². The smallest absolute Gasteiger partial charge is 1.00 e. The van der Waals surface area contributed by atoms with Crippen LogP contribution in [0.25, 0.3) is 0 Å². The third kappa shape index (κ3) is 4.63. The van der Waals surface area contributed by atoms with Crippen molar-refractivity contribution < 1.29 is 40.9 Å². The molecule has 0 aliphatic rings. The molecule has 4 heteroatoms. The van der Waals surface area contributed by atoms with E-state index in [0.717, 1.165) is 6.21 Å². The molecule has 0 radical (unpaired) electrons. The molecule has 0 rings (SSSR count). The van der Waals surface area contributed by atoms with E-state index in [1.165, 1.54) is 0 Å². The van der Waals surface area contributed by atoms with Crippen molar-refractivity contribution in [3.05, 3.63) is 0 Å². The summed E-state index contributed by atoms with van der Waals surface area (Å²) in [6, 6.07) is 0. The van der Waals surface area contributed by atoms with Crippen molar-refractivity contribution in [1.29, 1.82) is 5.41 Å². The third-order valence-electron chi connectivity index (χ3n) is 0.958. The molecule has 1 atom stereocenters. The van der Waals surface area contributed by atoms with Gasteiger partial charge in [-0.25, -0.2) is 0 Å². The molecule has 2 N–H and O–H groups in total. The predicted molar refractivity (Wildman–Crippen MR) is 31.3 cm³/mol. The van der Waals surface area contributed by atoms with Gasteiger partial charge in [-0.1, -0.05) is 6.92 Å². The van der Waals surface area contributed by atoms with Crippen LogP contribution in [-0.2, 0) is 4.79 Å². The Balaban J connectivity index is -0.000000245. The summed E-state index contributed by atoms with van der Waals surface area (Å²) in [5, 5.41) is 14.8. The van der Waals surface area contributed by atoms with Gasteiger partial charge in [-0.15, -0.1) is 0 Å². The van der Waals surface area contributed by atoms with E-state index in [1.807, 2.05) is 0 Å². The average Bonchev–Trinajstić information content (AvgIpc) is 1.69. The second kappa shape index (κ2) is 6.26. The number of aliphatic carboxylic acids is 1. The molecule has 1 unspecified atom stereocenters. The summed E-state index contributed by atoms with van der Waals surface area (Å²) in [6.07, 6.45) is 1.45. The zero-order chi connectivity index (χ0) is 6.57. The molecular weight excluding hydrogens is 129 g/mol. The Morgan fingerprint density at radius 3 is 2.44 bits per heavy atom. The largest absolute Gasteiger partial charge is 1.00 e. The Hall–Kier alpha value is 0.140. The fraction of sp³-hybridized carbons (Fsp3) is 0.600. The van der Waals surface area contributed by atoms with Crippen LogP contribution in [0.1, 0.15) is 14.8 Å². The van der Waals surface area contributed by atoms with Crippen molar-refractivity contribution in [2.45, 2.75) is 13.3 Å². The van der Waals surface area contributed by atoms with Gasteiger partial charge in [0.2, 0.25) is 0 Å². The number of carboxylic acids is 1. The molecule has 0 saturated carbocycles. The summed E-state index contributed by atoms with van der Waals surface area (Å²) in [5.74, 6) is -1.50. The van der Waals surface area contributed by atoms with Crippen LogP contribution in [0, 0.1) is 11.3 Å². The molecule has 0 aromatic carbocycles. The van der Waals surface area contributed by atoms with Gasteiger partial charge in [0.25, 0.3) is 0 Å². The van der Waals surface area contributed by atoms with Gasteiger partial charge in [-0.2, -0.15) is 0 Å². The fourth-order valence-electron chi connectivity index (χ4n) is 0.364. The van der Waals surface area contributed by atoms with Gasteiger partial charge in [0, 0.05) is 6.21 Å². The summed E-state index contributed by atoms with van der Waals surface area (Å²) in [5.41, 5.74) is 0. The Bertz CT molecular complexity index is 110. The van der Waals surface area contributed by atoms with Crippen molar-refractivity contribution in [2.75, 3.05) is 0 Å². The normalized spacial score (nSPS) is 11.2. The Morgan fingerprint density at radius 1 is 2.00 bits per heavy atom. The van der Waals surface area contributed by atoms with Crippen LogP contribution < -0.4 is 29.6 Å². The van der Waals surface area contributed by atoms with E-state index in [2.05, 4.69) is 0 Å². The fourth-order valence-corrected chi connectivity index (χ4v) is 0.364. The minimum atomic E-state index is -0.914. The van der Waals surface area contributed by atoms with Crippen LogP contribution in [0.4, 0.5) is 0 Å². The van der Waals surface area contributed by atoms with Crippen molar-refractivity contribution in [3.63, 3.8) is 0 Å². The number of carbonyl (C=O) groups is 1. The molecular formula is C5H10NNaO2. The molecule has 0 heterocycles. The van der Waals surface area contributed by atoms with E-state index < -0.39 is 11.9 Å². The topological polar surface area (TPSA) is 61.2 Å². The number of hydrogen-bond donors (Lipinski definition) is 2. The molecule has 9 heavy (non-hydrogen) atoms. The van der Waals surface area contributed by atoms with Gasteiger partial charge < -0.3 is 11.9 Å². The van der Waals surface area contributed by atoms with E-state index in [4.69, 9.17) is 10.5 Å². The molecule has 0 aromatic heterocycles. The first-order chi connectivity index (χ1) is 3.72. The molecule has 0 aromatic rings. The monoisotopic (exact) mass is 139 g/mol. The first-order valence-corrected chi connectivity index (χ1v) is 2.45. The van der Waals surface area contributed by atoms with Gasteiger partial charge in [0.1, 0.15) is 0 Å². The molecule has 0 aliphatic heterocycles. The molecule has 0 bridgehead atoms. The number of rotatable bonds is 3. The van der Waals surface area contributed by atoms with E-state index in [0.29, 0.717) is 6.42 Å². The Morgan fingerprint density at radius 2 is 2.44 bits per heavy atom. The van der Waals surface area contributed by atoms with E-state index in [1.54, 1.807) is 6.92 Å². The molecule has 0 aliphatic carbocycles. The number of nitrogens with one attached hydrogen (secondary N) is 1. The van der Waals surface area contributed by atoms with Gasteiger partial charge in [-0.05, 0) is 6.42 Å². The standard InChI is InChI=1S/C5H9NO2.Na.H/c1-2-4(3-6)5(7)8;;/h3-4,6H,2H2,1H3,(H,7,8);;/q;+1;-1. The first-order valence-electron chi connectivity index (χ1n) is 2.45. The molecule has 0 amide bonds. The summed E-state index contributed by atoms with van der Waals surface area (Å²) in [4.78, 5) is 10.0. The summed E-state index contributed by atoms with van der Waals surface area (Å²) in [6.45, 7) is 1.74. The van der Waals surface area contributed by atoms with Gasteiger partial charge in [0.15, 0.2) is 0 Å². The molecule has 48 valence electrons. The zero-order valence-corrected chi connectivity index (χ0v) is 7.72. The maximum Gasteiger partial charge on any atom is 1.00 e. The average molecular weight is 139 g/mol. The summed E-state index contributed by atoms with van der Waals surface area (Å²) >= 11 is 0. The molecule has 3 nitrogen and oxygen atoms in total. The SMILES string of the molecule is CCC(C=N)C(=O)O.[H-].[Na+]. The molecule has 0 fully saturated rings. The third-order valence-corrected chi connectivity index (χ3v) is 0.958. The second-order valence-electron chi connectivity index (χ2n) is 1.52. The van der Waals surface area contributed by atoms with Crippen molar-refractivity contribution in [1.82, 2.24) is 0 Å². The van der Waals surface area contributed by atoms with Crippen molar-refractivity contribution in [3.8, 4) is 0 Å². The minimum Gasteiger partial charge on any atom is -1.00 e. The van der Waals surface area contributed by atoms with E-state index in [9.17, 15) is 4.79 Å². The molecule has 0 spiro atoms. The summed E-state index contributed by atoms with van der Waals surface area (Å²) < 4.78 is 0. The zero-order valence-electron chi connectivity index (χ0n) is 6.72. The van der Waals surface area contributed by atoms with Gasteiger partial charge in [-0.3, -0.25) is 4.79 Å². The second-order valence-corrected chi connectivity index (χ2v) is 1.52. The van der Waals surface area contributed by atoms with Crippen molar-refractivity contribution in [2.24, 2.45) is 5.92 Å². The Kier molecular flexibility index (Phi) is 8.27. The number of hydrogen-bond acceptors (Lipinski definition) is 2. The predicted octanol–water partition coefficient (Wildman–Crippen LogP) is -2.14. The molecule has 0 saturated heterocycles. The van der Waals surface area contributed by atoms with Crippen LogP contribution in [0.5, 0.6) is 0 Å². The maximum atomic E-state index is 10.0. The van der Waals surface area contributed by atoms with Gasteiger partial charge >= 0.3 is 35.5 Å². The maximum absolute atomic E-state index is 10.0. The quantitative estimate of drug-likeness (QED) is 0.346. The van der Waals surface area contributed by atoms with Crippen LogP contribution in [0.15, 0.2) is 0 Å². The number of carboxylic acid groups (broad SMARTS) is 1. The van der Waals surface area contributed by atoms with Crippen LogP contribution >= 0.6 is 0 Å². The van der Waals surface area contributed by atoms with Crippen LogP contribution in [0.3, 0.4) is 0 Å². The van der Waals surface area contributed by atoms with E-state index >= 15 is 0 Å². The minimum absolute atomic E-state index is 0. The first kappa shape index (κ1) is 11.9. The van der Waals surface area contributed by atoms with Gasteiger partial charge in [0.05, 0.1) is 5.92 Å².